The Kier molecular flexibility index (Phi) is 5.39. The molecule has 5 nitrogen and oxygen atoms in total. The molecule has 19 heavy (non-hydrogen) atoms. The van der Waals surface area contributed by atoms with Crippen LogP contribution in [0.2, 0.25) is 0 Å². The summed E-state index contributed by atoms with van der Waals surface area (Å²) in [5.41, 5.74) is 0.947. The first-order chi connectivity index (χ1) is 8.86. The predicted molar refractivity (Wildman–Crippen MR) is 74.0 cm³/mol. The van der Waals surface area contributed by atoms with Gasteiger partial charge in [0.15, 0.2) is 0 Å². The van der Waals surface area contributed by atoms with Crippen LogP contribution >= 0.6 is 0 Å². The maximum atomic E-state index is 12.4. The molecule has 0 aromatic carbocycles. The Labute approximate surface area is 114 Å². The van der Waals surface area contributed by atoms with E-state index in [1.54, 1.807) is 9.80 Å². The summed E-state index contributed by atoms with van der Waals surface area (Å²) in [6.45, 7) is 11.3. The lowest BCUT2D eigenvalue weighted by Crippen LogP contribution is -2.51. The molecule has 1 aliphatic rings. The maximum absolute atomic E-state index is 12.4. The van der Waals surface area contributed by atoms with E-state index in [1.165, 1.54) is 0 Å². The molecular formula is C14H24N2O3. The van der Waals surface area contributed by atoms with Gasteiger partial charge in [-0.2, -0.15) is 0 Å². The van der Waals surface area contributed by atoms with Crippen molar-refractivity contribution in [2.75, 3.05) is 19.6 Å². The third kappa shape index (κ3) is 3.98. The lowest BCUT2D eigenvalue weighted by atomic mass is 9.92. The Bertz CT molecular complexity index is 368. The largest absolute Gasteiger partial charge is 0.481 e. The number of urea groups is 1. The smallest absolute Gasteiger partial charge is 0.320 e. The quantitative estimate of drug-likeness (QED) is 0.795. The molecule has 1 N–H and O–H groups in total. The highest BCUT2D eigenvalue weighted by Gasteiger charge is 2.33. The van der Waals surface area contributed by atoms with Crippen LogP contribution < -0.4 is 0 Å². The molecule has 2 atom stereocenters. The van der Waals surface area contributed by atoms with E-state index in [4.69, 9.17) is 5.11 Å². The number of carboxylic acid groups (broad SMARTS) is 1. The zero-order chi connectivity index (χ0) is 14.6. The highest BCUT2D eigenvalue weighted by Crippen LogP contribution is 2.24. The average molecular weight is 268 g/mol. The molecule has 0 aliphatic carbocycles. The van der Waals surface area contributed by atoms with Gasteiger partial charge in [0.25, 0.3) is 0 Å². The fourth-order valence-corrected chi connectivity index (χ4v) is 2.50. The molecule has 0 bridgehead atoms. The molecule has 1 heterocycles. The Hall–Kier alpha value is -1.52. The number of hydrogen-bond donors (Lipinski definition) is 1. The van der Waals surface area contributed by atoms with Gasteiger partial charge < -0.3 is 14.9 Å². The van der Waals surface area contributed by atoms with E-state index < -0.39 is 5.97 Å². The summed E-state index contributed by atoms with van der Waals surface area (Å²) < 4.78 is 0. The molecule has 1 saturated heterocycles. The first-order valence-electron chi connectivity index (χ1n) is 6.79. The Morgan fingerprint density at radius 1 is 1.47 bits per heavy atom. The Balaban J connectivity index is 2.67. The van der Waals surface area contributed by atoms with E-state index in [1.807, 2.05) is 20.8 Å². The van der Waals surface area contributed by atoms with Gasteiger partial charge in [-0.1, -0.05) is 12.2 Å². The van der Waals surface area contributed by atoms with E-state index in [0.717, 1.165) is 5.57 Å². The zero-order valence-electron chi connectivity index (χ0n) is 12.1. The Morgan fingerprint density at radius 2 is 2.11 bits per heavy atom. The van der Waals surface area contributed by atoms with E-state index in [0.29, 0.717) is 32.5 Å². The van der Waals surface area contributed by atoms with E-state index in [2.05, 4.69) is 6.58 Å². The molecule has 2 amide bonds. The van der Waals surface area contributed by atoms with Crippen molar-refractivity contribution in [2.45, 2.75) is 39.7 Å². The van der Waals surface area contributed by atoms with Crippen LogP contribution in [0.15, 0.2) is 12.2 Å². The van der Waals surface area contributed by atoms with Gasteiger partial charge in [-0.15, -0.1) is 0 Å². The van der Waals surface area contributed by atoms with Gasteiger partial charge in [0.1, 0.15) is 0 Å². The van der Waals surface area contributed by atoms with Crippen LogP contribution in [0.1, 0.15) is 33.6 Å². The molecule has 0 aromatic rings. The number of hydrogen-bond acceptors (Lipinski definition) is 2. The highest BCUT2D eigenvalue weighted by atomic mass is 16.4. The lowest BCUT2D eigenvalue weighted by Gasteiger charge is -2.39. The van der Waals surface area contributed by atoms with E-state index in [9.17, 15) is 9.59 Å². The third-order valence-corrected chi connectivity index (χ3v) is 3.58. The average Bonchev–Trinajstić information content (AvgIpc) is 2.34. The molecule has 1 aliphatic heterocycles. The maximum Gasteiger partial charge on any atom is 0.320 e. The van der Waals surface area contributed by atoms with Crippen molar-refractivity contribution in [3.05, 3.63) is 12.2 Å². The number of likely N-dealkylation sites (tertiary alicyclic amines) is 1. The molecule has 2 unspecified atom stereocenters. The monoisotopic (exact) mass is 268 g/mol. The molecule has 0 saturated carbocycles. The van der Waals surface area contributed by atoms with Gasteiger partial charge >= 0.3 is 12.0 Å². The summed E-state index contributed by atoms with van der Waals surface area (Å²) >= 11 is 0. The van der Waals surface area contributed by atoms with Gasteiger partial charge in [-0.05, 0) is 33.6 Å². The normalized spacial score (nSPS) is 23.0. The number of amides is 2. The van der Waals surface area contributed by atoms with E-state index in [-0.39, 0.29) is 18.0 Å². The third-order valence-electron chi connectivity index (χ3n) is 3.58. The fraction of sp³-hybridized carbons (Fsp3) is 0.714. The van der Waals surface area contributed by atoms with Crippen LogP contribution in [0.3, 0.4) is 0 Å². The summed E-state index contributed by atoms with van der Waals surface area (Å²) in [5, 5.41) is 9.03. The lowest BCUT2D eigenvalue weighted by molar-refractivity contribution is -0.143. The number of piperidine rings is 1. The van der Waals surface area contributed by atoms with Gasteiger partial charge in [0.05, 0.1) is 5.92 Å². The first kappa shape index (κ1) is 15.5. The van der Waals surface area contributed by atoms with E-state index >= 15 is 0 Å². The van der Waals surface area contributed by atoms with Gasteiger partial charge in [0, 0.05) is 25.7 Å². The first-order valence-corrected chi connectivity index (χ1v) is 6.79. The van der Waals surface area contributed by atoms with Crippen LogP contribution in [0, 0.1) is 5.92 Å². The number of carboxylic acids is 1. The van der Waals surface area contributed by atoms with Crippen LogP contribution in [-0.4, -0.2) is 52.6 Å². The van der Waals surface area contributed by atoms with Crippen molar-refractivity contribution in [1.29, 1.82) is 0 Å². The van der Waals surface area contributed by atoms with Crippen LogP contribution in [0.5, 0.6) is 0 Å². The predicted octanol–water partition coefficient (Wildman–Crippen LogP) is 2.19. The van der Waals surface area contributed by atoms with Crippen molar-refractivity contribution in [1.82, 2.24) is 9.80 Å². The second kappa shape index (κ2) is 6.59. The van der Waals surface area contributed by atoms with Crippen LogP contribution in [-0.2, 0) is 4.79 Å². The highest BCUT2D eigenvalue weighted by molar-refractivity contribution is 5.76. The molecule has 1 rings (SSSR count). The SMILES string of the molecule is C=C(C)CN(CC)C(=O)N1CCC(C(=O)O)CC1C. The minimum absolute atomic E-state index is 0.0122. The van der Waals surface area contributed by atoms with Crippen LogP contribution in [0.25, 0.3) is 0 Å². The zero-order valence-corrected chi connectivity index (χ0v) is 12.1. The van der Waals surface area contributed by atoms with Crippen LogP contribution in [0.4, 0.5) is 4.79 Å². The van der Waals surface area contributed by atoms with Gasteiger partial charge in [0.2, 0.25) is 0 Å². The summed E-state index contributed by atoms with van der Waals surface area (Å²) in [5.74, 6) is -1.08. The summed E-state index contributed by atoms with van der Waals surface area (Å²) in [4.78, 5) is 26.9. The van der Waals surface area contributed by atoms with Crippen molar-refractivity contribution in [3.8, 4) is 0 Å². The minimum Gasteiger partial charge on any atom is -0.481 e. The number of likely N-dealkylation sites (N-methyl/N-ethyl adjacent to an activating group) is 1. The summed E-state index contributed by atoms with van der Waals surface area (Å²) in [7, 11) is 0. The molecule has 1 fully saturated rings. The molecule has 0 radical (unpaired) electrons. The Morgan fingerprint density at radius 3 is 2.53 bits per heavy atom. The summed E-state index contributed by atoms with van der Waals surface area (Å²) in [6, 6.07) is -0.0386. The minimum atomic E-state index is -0.756. The second-order valence-corrected chi connectivity index (χ2v) is 5.36. The number of carbonyl (C=O) groups is 2. The number of rotatable bonds is 4. The molecule has 108 valence electrons. The topological polar surface area (TPSA) is 60.9 Å². The van der Waals surface area contributed by atoms with Crippen molar-refractivity contribution < 1.29 is 14.7 Å². The van der Waals surface area contributed by atoms with Gasteiger partial charge in [-0.25, -0.2) is 4.79 Å². The summed E-state index contributed by atoms with van der Waals surface area (Å²) in [6.07, 6.45) is 1.07. The number of nitrogens with zero attached hydrogens (tertiary/aromatic N) is 2. The molecule has 0 aromatic heterocycles. The fourth-order valence-electron chi connectivity index (χ4n) is 2.50. The molecular weight excluding hydrogens is 244 g/mol. The molecule has 0 spiro atoms. The van der Waals surface area contributed by atoms with Crippen molar-refractivity contribution >= 4 is 12.0 Å². The molecule has 5 heteroatoms. The second-order valence-electron chi connectivity index (χ2n) is 5.36. The standard InChI is InChI=1S/C14H24N2O3/c1-5-15(9-10(2)3)14(19)16-7-6-12(13(17)18)8-11(16)4/h11-12H,2,5-9H2,1,3-4H3,(H,17,18). The number of aliphatic carboxylic acids is 1. The van der Waals surface area contributed by atoms with Crippen molar-refractivity contribution in [2.24, 2.45) is 5.92 Å². The number of carbonyl (C=O) groups excluding carboxylic acids is 1. The van der Waals surface area contributed by atoms with Gasteiger partial charge in [-0.3, -0.25) is 4.79 Å². The van der Waals surface area contributed by atoms with Crippen molar-refractivity contribution in [3.63, 3.8) is 0 Å².